The van der Waals surface area contributed by atoms with E-state index in [1.165, 1.54) is 6.42 Å². The summed E-state index contributed by atoms with van der Waals surface area (Å²) in [7, 11) is 1.74. The molecule has 1 fully saturated rings. The first-order valence-corrected chi connectivity index (χ1v) is 6.96. The lowest BCUT2D eigenvalue weighted by Crippen LogP contribution is -2.49. The van der Waals surface area contributed by atoms with E-state index < -0.39 is 0 Å². The van der Waals surface area contributed by atoms with Gasteiger partial charge in [0.15, 0.2) is 0 Å². The van der Waals surface area contributed by atoms with Crippen molar-refractivity contribution in [1.82, 2.24) is 5.32 Å². The number of rotatable bonds is 6. The Morgan fingerprint density at radius 2 is 2.06 bits per heavy atom. The Morgan fingerprint density at radius 3 is 2.61 bits per heavy atom. The van der Waals surface area contributed by atoms with Crippen molar-refractivity contribution in [2.75, 3.05) is 7.11 Å². The molecular formula is C14H28N2O2. The van der Waals surface area contributed by atoms with Crippen LogP contribution in [0.3, 0.4) is 0 Å². The molecule has 1 amide bonds. The lowest BCUT2D eigenvalue weighted by Gasteiger charge is -2.35. The Balaban J connectivity index is 2.51. The molecule has 4 nitrogen and oxygen atoms in total. The van der Waals surface area contributed by atoms with Gasteiger partial charge in [-0.15, -0.1) is 0 Å². The molecule has 18 heavy (non-hydrogen) atoms. The van der Waals surface area contributed by atoms with E-state index >= 15 is 0 Å². The van der Waals surface area contributed by atoms with E-state index in [9.17, 15) is 4.79 Å². The van der Waals surface area contributed by atoms with Gasteiger partial charge >= 0.3 is 0 Å². The quantitative estimate of drug-likeness (QED) is 0.762. The minimum absolute atomic E-state index is 0.00754. The van der Waals surface area contributed by atoms with Crippen molar-refractivity contribution >= 4 is 5.91 Å². The fraction of sp³-hybridized carbons (Fsp3) is 0.929. The third-order valence-electron chi connectivity index (χ3n) is 3.98. The third-order valence-corrected chi connectivity index (χ3v) is 3.98. The van der Waals surface area contributed by atoms with Crippen LogP contribution in [0.2, 0.25) is 0 Å². The lowest BCUT2D eigenvalue weighted by atomic mass is 9.83. The maximum atomic E-state index is 11.4. The highest BCUT2D eigenvalue weighted by molar-refractivity contribution is 5.77. The van der Waals surface area contributed by atoms with E-state index in [0.29, 0.717) is 6.04 Å². The van der Waals surface area contributed by atoms with Crippen LogP contribution >= 0.6 is 0 Å². The molecular weight excluding hydrogens is 228 g/mol. The van der Waals surface area contributed by atoms with Crippen molar-refractivity contribution in [2.45, 2.75) is 70.6 Å². The average molecular weight is 256 g/mol. The zero-order valence-corrected chi connectivity index (χ0v) is 12.2. The number of amides is 1. The second kappa shape index (κ2) is 6.53. The van der Waals surface area contributed by atoms with Gasteiger partial charge in [0.25, 0.3) is 0 Å². The molecule has 0 aromatic rings. The first-order chi connectivity index (χ1) is 8.35. The van der Waals surface area contributed by atoms with Crippen molar-refractivity contribution < 1.29 is 9.53 Å². The Bertz CT molecular complexity index is 279. The van der Waals surface area contributed by atoms with Crippen LogP contribution in [0, 0.1) is 5.92 Å². The highest BCUT2D eigenvalue weighted by Crippen LogP contribution is 2.25. The van der Waals surface area contributed by atoms with Gasteiger partial charge in [0.2, 0.25) is 5.91 Å². The Morgan fingerprint density at radius 1 is 1.44 bits per heavy atom. The summed E-state index contributed by atoms with van der Waals surface area (Å²) in [4.78, 5) is 11.4. The molecule has 1 rings (SSSR count). The predicted octanol–water partition coefficient (Wildman–Crippen LogP) is 1.82. The average Bonchev–Trinajstić information content (AvgIpc) is 2.28. The van der Waals surface area contributed by atoms with Gasteiger partial charge in [0, 0.05) is 19.2 Å². The zero-order valence-electron chi connectivity index (χ0n) is 12.2. The minimum Gasteiger partial charge on any atom is -0.379 e. The molecule has 0 bridgehead atoms. The van der Waals surface area contributed by atoms with Gasteiger partial charge in [-0.1, -0.05) is 12.8 Å². The molecule has 0 aliphatic heterocycles. The molecule has 0 aromatic heterocycles. The van der Waals surface area contributed by atoms with Crippen LogP contribution in [0.5, 0.6) is 0 Å². The summed E-state index contributed by atoms with van der Waals surface area (Å²) < 4.78 is 5.44. The lowest BCUT2D eigenvalue weighted by molar-refractivity contribution is -0.123. The van der Waals surface area contributed by atoms with E-state index in [1.54, 1.807) is 7.11 Å². The van der Waals surface area contributed by atoms with E-state index in [1.807, 2.05) is 0 Å². The molecule has 0 unspecified atom stereocenters. The second-order valence-electron chi connectivity index (χ2n) is 6.14. The van der Waals surface area contributed by atoms with Crippen LogP contribution in [-0.4, -0.2) is 30.7 Å². The molecule has 4 heteroatoms. The Hall–Kier alpha value is -0.610. The van der Waals surface area contributed by atoms with Crippen molar-refractivity contribution in [2.24, 2.45) is 11.7 Å². The molecule has 1 aliphatic carbocycles. The number of nitrogens with one attached hydrogen (secondary N) is 1. The smallest absolute Gasteiger partial charge is 0.222 e. The third kappa shape index (κ3) is 4.58. The molecule has 106 valence electrons. The maximum Gasteiger partial charge on any atom is 0.222 e. The number of carbonyl (C=O) groups excluding carboxylic acids is 1. The summed E-state index contributed by atoms with van der Waals surface area (Å²) in [5.74, 6) is -0.169. The van der Waals surface area contributed by atoms with Gasteiger partial charge in [0.1, 0.15) is 0 Å². The van der Waals surface area contributed by atoms with E-state index in [-0.39, 0.29) is 23.5 Å². The molecule has 3 N–H and O–H groups in total. The first-order valence-electron chi connectivity index (χ1n) is 6.96. The fourth-order valence-corrected chi connectivity index (χ4v) is 2.92. The summed E-state index contributed by atoms with van der Waals surface area (Å²) in [6.45, 7) is 6.31. The van der Waals surface area contributed by atoms with Crippen molar-refractivity contribution in [3.05, 3.63) is 0 Å². The van der Waals surface area contributed by atoms with Gasteiger partial charge in [-0.3, -0.25) is 4.79 Å². The van der Waals surface area contributed by atoms with Gasteiger partial charge in [0.05, 0.1) is 11.5 Å². The van der Waals surface area contributed by atoms with Crippen LogP contribution in [0.25, 0.3) is 0 Å². The summed E-state index contributed by atoms with van der Waals surface area (Å²) in [5, 5.41) is 3.56. The number of nitrogens with two attached hydrogens (primary N) is 1. The van der Waals surface area contributed by atoms with Crippen molar-refractivity contribution in [1.29, 1.82) is 0 Å². The largest absolute Gasteiger partial charge is 0.379 e. The molecule has 0 radical (unpaired) electrons. The maximum absolute atomic E-state index is 11.4. The summed E-state index contributed by atoms with van der Waals surface area (Å²) in [6, 6.07) is 0.559. The van der Waals surface area contributed by atoms with Gasteiger partial charge in [-0.05, 0) is 40.0 Å². The number of carbonyl (C=O) groups is 1. The summed E-state index contributed by atoms with van der Waals surface area (Å²) in [6.07, 6.45) is 5.19. The zero-order chi connectivity index (χ0) is 13.8. The Kier molecular flexibility index (Phi) is 5.60. The molecule has 0 spiro atoms. The summed E-state index contributed by atoms with van der Waals surface area (Å²) >= 11 is 0. The number of ether oxygens (including phenoxy) is 1. The van der Waals surface area contributed by atoms with Crippen LogP contribution in [0.4, 0.5) is 0 Å². The number of primary amides is 1. The van der Waals surface area contributed by atoms with Crippen LogP contribution in [0.15, 0.2) is 0 Å². The predicted molar refractivity (Wildman–Crippen MR) is 73.2 cm³/mol. The van der Waals surface area contributed by atoms with Gasteiger partial charge in [-0.2, -0.15) is 0 Å². The molecule has 0 aromatic carbocycles. The van der Waals surface area contributed by atoms with Gasteiger partial charge < -0.3 is 15.8 Å². The normalized spacial score (nSPS) is 26.9. The van der Waals surface area contributed by atoms with E-state index in [2.05, 4.69) is 26.1 Å². The van der Waals surface area contributed by atoms with Crippen LogP contribution in [-0.2, 0) is 9.53 Å². The highest BCUT2D eigenvalue weighted by atomic mass is 16.5. The molecule has 0 saturated heterocycles. The molecule has 1 aliphatic rings. The topological polar surface area (TPSA) is 64.3 Å². The monoisotopic (exact) mass is 256 g/mol. The Labute approximate surface area is 111 Å². The fourth-order valence-electron chi connectivity index (χ4n) is 2.92. The van der Waals surface area contributed by atoms with Crippen LogP contribution in [0.1, 0.15) is 52.9 Å². The van der Waals surface area contributed by atoms with Crippen molar-refractivity contribution in [3.8, 4) is 0 Å². The second-order valence-corrected chi connectivity index (χ2v) is 6.14. The highest BCUT2D eigenvalue weighted by Gasteiger charge is 2.31. The molecule has 3 atom stereocenters. The van der Waals surface area contributed by atoms with E-state index in [4.69, 9.17) is 10.5 Å². The summed E-state index contributed by atoms with van der Waals surface area (Å²) in [5.41, 5.74) is 5.35. The number of methoxy groups -OCH3 is 1. The molecule has 0 heterocycles. The SMILES string of the molecule is COC(C)(C)C[C@H](C)N[C@H]1CCCC[C@@H]1C(N)=O. The number of hydrogen-bond acceptors (Lipinski definition) is 3. The van der Waals surface area contributed by atoms with Gasteiger partial charge in [-0.25, -0.2) is 0 Å². The van der Waals surface area contributed by atoms with Crippen LogP contribution < -0.4 is 11.1 Å². The number of hydrogen-bond donors (Lipinski definition) is 2. The first kappa shape index (κ1) is 15.4. The molecule has 1 saturated carbocycles. The minimum atomic E-state index is -0.162. The van der Waals surface area contributed by atoms with Crippen molar-refractivity contribution in [3.63, 3.8) is 0 Å². The standard InChI is InChI=1S/C14H28N2O2/c1-10(9-14(2,3)18-4)16-12-8-6-5-7-11(12)13(15)17/h10-12,16H,5-9H2,1-4H3,(H2,15,17)/t10-,11-,12-/m0/s1. The van der Waals surface area contributed by atoms with E-state index in [0.717, 1.165) is 25.7 Å².